The molecule has 1 saturated heterocycles. The minimum absolute atomic E-state index is 0.0143. The van der Waals surface area contributed by atoms with Crippen molar-refractivity contribution in [2.75, 3.05) is 18.0 Å². The monoisotopic (exact) mass is 370 g/mol. The average Bonchev–Trinajstić information content (AvgIpc) is 2.97. The van der Waals surface area contributed by atoms with Gasteiger partial charge in [-0.15, -0.1) is 5.10 Å². The lowest BCUT2D eigenvalue weighted by Crippen LogP contribution is -2.31. The van der Waals surface area contributed by atoms with Crippen molar-refractivity contribution in [2.24, 2.45) is 5.92 Å². The van der Waals surface area contributed by atoms with Crippen molar-refractivity contribution in [3.63, 3.8) is 0 Å². The zero-order valence-electron chi connectivity index (χ0n) is 16.4. The standard InChI is InChI=1S/C21H30N4O2/c1-16(2)14-19(26)22-18(15-17-10-6-5-7-11-17)20-23-24-21(27-20)25-12-8-3-4-9-13-25/h5-7,10-11,16,18H,3-4,8-9,12-15H2,1-2H3,(H,22,26)/t18-/m0/s1. The molecule has 0 spiro atoms. The van der Waals surface area contributed by atoms with Crippen LogP contribution in [0.1, 0.15) is 63.4 Å². The molecular formula is C21H30N4O2. The Morgan fingerprint density at radius 3 is 2.48 bits per heavy atom. The molecule has 1 atom stereocenters. The van der Waals surface area contributed by atoms with Gasteiger partial charge in [0.2, 0.25) is 11.8 Å². The molecule has 1 aliphatic rings. The van der Waals surface area contributed by atoms with E-state index in [4.69, 9.17) is 4.42 Å². The van der Waals surface area contributed by atoms with Gasteiger partial charge in [0.25, 0.3) is 0 Å². The van der Waals surface area contributed by atoms with Crippen LogP contribution in [-0.4, -0.2) is 29.2 Å². The van der Waals surface area contributed by atoms with E-state index < -0.39 is 0 Å². The van der Waals surface area contributed by atoms with Crippen molar-refractivity contribution >= 4 is 11.9 Å². The van der Waals surface area contributed by atoms with Crippen LogP contribution in [0.15, 0.2) is 34.7 Å². The quantitative estimate of drug-likeness (QED) is 0.800. The van der Waals surface area contributed by atoms with Crippen LogP contribution in [0.5, 0.6) is 0 Å². The number of nitrogens with one attached hydrogen (secondary N) is 1. The lowest BCUT2D eigenvalue weighted by molar-refractivity contribution is -0.122. The second kappa shape index (κ2) is 9.53. The topological polar surface area (TPSA) is 71.3 Å². The normalized spacial score (nSPS) is 16.2. The number of carbonyl (C=O) groups is 1. The van der Waals surface area contributed by atoms with E-state index in [1.165, 1.54) is 12.8 Å². The van der Waals surface area contributed by atoms with Gasteiger partial charge in [-0.25, -0.2) is 0 Å². The molecule has 6 nitrogen and oxygen atoms in total. The highest BCUT2D eigenvalue weighted by Gasteiger charge is 2.24. The SMILES string of the molecule is CC(C)CC(=O)N[C@@H](Cc1ccccc1)c1nnc(N2CCCCCC2)o1. The Labute approximate surface area is 161 Å². The van der Waals surface area contributed by atoms with E-state index in [0.717, 1.165) is 31.5 Å². The summed E-state index contributed by atoms with van der Waals surface area (Å²) in [6, 6.07) is 10.3. The summed E-state index contributed by atoms with van der Waals surface area (Å²) >= 11 is 0. The molecule has 1 amide bonds. The van der Waals surface area contributed by atoms with Crippen molar-refractivity contribution in [2.45, 2.75) is 58.4 Å². The summed E-state index contributed by atoms with van der Waals surface area (Å²) < 4.78 is 6.01. The van der Waals surface area contributed by atoms with E-state index in [2.05, 4.69) is 20.4 Å². The molecule has 0 unspecified atom stereocenters. The maximum absolute atomic E-state index is 12.4. The van der Waals surface area contributed by atoms with Crippen molar-refractivity contribution < 1.29 is 9.21 Å². The van der Waals surface area contributed by atoms with Gasteiger partial charge in [-0.1, -0.05) is 62.1 Å². The molecule has 3 rings (SSSR count). The molecule has 0 saturated carbocycles. The third kappa shape index (κ3) is 5.81. The first-order chi connectivity index (χ1) is 13.1. The second-order valence-corrected chi connectivity index (χ2v) is 7.73. The summed E-state index contributed by atoms with van der Waals surface area (Å²) in [5, 5.41) is 11.6. The first-order valence-corrected chi connectivity index (χ1v) is 10.0. The molecule has 1 aliphatic heterocycles. The largest absolute Gasteiger partial charge is 0.406 e. The van der Waals surface area contributed by atoms with Gasteiger partial charge in [0.05, 0.1) is 0 Å². The number of aromatic nitrogens is 2. The Bertz CT molecular complexity index is 706. The summed E-state index contributed by atoms with van der Waals surface area (Å²) in [6.07, 6.45) is 5.91. The number of benzene rings is 1. The number of amides is 1. The number of carbonyl (C=O) groups excluding carboxylic acids is 1. The lowest BCUT2D eigenvalue weighted by atomic mass is 10.0. The van der Waals surface area contributed by atoms with Crippen LogP contribution in [0, 0.1) is 5.92 Å². The highest BCUT2D eigenvalue weighted by Crippen LogP contribution is 2.23. The van der Waals surface area contributed by atoms with Crippen LogP contribution in [-0.2, 0) is 11.2 Å². The van der Waals surface area contributed by atoms with Crippen molar-refractivity contribution in [1.29, 1.82) is 0 Å². The first kappa shape index (κ1) is 19.4. The Morgan fingerprint density at radius 1 is 1.11 bits per heavy atom. The summed E-state index contributed by atoms with van der Waals surface area (Å²) in [6.45, 7) is 5.97. The van der Waals surface area contributed by atoms with Gasteiger partial charge in [-0.3, -0.25) is 4.79 Å². The fraction of sp³-hybridized carbons (Fsp3) is 0.571. The summed E-state index contributed by atoms with van der Waals surface area (Å²) in [4.78, 5) is 14.5. The van der Waals surface area contributed by atoms with Gasteiger partial charge < -0.3 is 14.6 Å². The summed E-state index contributed by atoms with van der Waals surface area (Å²) in [5.74, 6) is 0.799. The molecular weight excluding hydrogens is 340 g/mol. The highest BCUT2D eigenvalue weighted by molar-refractivity contribution is 5.76. The molecule has 6 heteroatoms. The molecule has 2 heterocycles. The summed E-state index contributed by atoms with van der Waals surface area (Å²) in [5.41, 5.74) is 1.13. The Balaban J connectivity index is 1.76. The van der Waals surface area contributed by atoms with Gasteiger partial charge in [0.15, 0.2) is 0 Å². The van der Waals surface area contributed by atoms with E-state index in [-0.39, 0.29) is 11.9 Å². The maximum Gasteiger partial charge on any atom is 0.318 e. The highest BCUT2D eigenvalue weighted by atomic mass is 16.4. The van der Waals surface area contributed by atoms with Gasteiger partial charge in [0.1, 0.15) is 6.04 Å². The zero-order valence-corrected chi connectivity index (χ0v) is 16.4. The summed E-state index contributed by atoms with van der Waals surface area (Å²) in [7, 11) is 0. The fourth-order valence-corrected chi connectivity index (χ4v) is 3.43. The number of rotatable bonds is 7. The Hall–Kier alpha value is -2.37. The van der Waals surface area contributed by atoms with E-state index in [1.807, 2.05) is 44.2 Å². The zero-order chi connectivity index (χ0) is 19.1. The van der Waals surface area contributed by atoms with Crippen LogP contribution >= 0.6 is 0 Å². The molecule has 27 heavy (non-hydrogen) atoms. The van der Waals surface area contributed by atoms with E-state index in [9.17, 15) is 4.79 Å². The molecule has 2 aromatic rings. The van der Waals surface area contributed by atoms with Gasteiger partial charge in [-0.05, 0) is 24.3 Å². The third-order valence-electron chi connectivity index (χ3n) is 4.82. The minimum Gasteiger partial charge on any atom is -0.406 e. The molecule has 0 radical (unpaired) electrons. The predicted octanol–water partition coefficient (Wildman–Crippen LogP) is 3.90. The molecule has 1 aromatic carbocycles. The number of anilines is 1. The number of nitrogens with zero attached hydrogens (tertiary/aromatic N) is 3. The van der Waals surface area contributed by atoms with Gasteiger partial charge in [-0.2, -0.15) is 0 Å². The smallest absolute Gasteiger partial charge is 0.318 e. The molecule has 1 fully saturated rings. The first-order valence-electron chi connectivity index (χ1n) is 10.0. The van der Waals surface area contributed by atoms with Crippen LogP contribution < -0.4 is 10.2 Å². The third-order valence-corrected chi connectivity index (χ3v) is 4.82. The molecule has 1 N–H and O–H groups in total. The van der Waals surface area contributed by atoms with E-state index in [0.29, 0.717) is 30.7 Å². The minimum atomic E-state index is -0.313. The van der Waals surface area contributed by atoms with Gasteiger partial charge >= 0.3 is 6.01 Å². The fourth-order valence-electron chi connectivity index (χ4n) is 3.43. The molecule has 0 aliphatic carbocycles. The number of hydrogen-bond acceptors (Lipinski definition) is 5. The van der Waals surface area contributed by atoms with Crippen molar-refractivity contribution in [1.82, 2.24) is 15.5 Å². The van der Waals surface area contributed by atoms with Crippen LogP contribution in [0.2, 0.25) is 0 Å². The van der Waals surface area contributed by atoms with Gasteiger partial charge in [0, 0.05) is 25.9 Å². The Kier molecular flexibility index (Phi) is 6.85. The van der Waals surface area contributed by atoms with E-state index in [1.54, 1.807) is 0 Å². The molecule has 0 bridgehead atoms. The van der Waals surface area contributed by atoms with E-state index >= 15 is 0 Å². The Morgan fingerprint density at radius 2 is 1.81 bits per heavy atom. The maximum atomic E-state index is 12.4. The average molecular weight is 370 g/mol. The van der Waals surface area contributed by atoms with Crippen LogP contribution in [0.25, 0.3) is 0 Å². The van der Waals surface area contributed by atoms with Crippen LogP contribution in [0.4, 0.5) is 6.01 Å². The lowest BCUT2D eigenvalue weighted by Gasteiger charge is -2.18. The predicted molar refractivity (Wildman–Crippen MR) is 105 cm³/mol. The van der Waals surface area contributed by atoms with Crippen molar-refractivity contribution in [3.05, 3.63) is 41.8 Å². The number of hydrogen-bond donors (Lipinski definition) is 1. The van der Waals surface area contributed by atoms with Crippen LogP contribution in [0.3, 0.4) is 0 Å². The van der Waals surface area contributed by atoms with Crippen molar-refractivity contribution in [3.8, 4) is 0 Å². The second-order valence-electron chi connectivity index (χ2n) is 7.73. The molecule has 1 aromatic heterocycles. The molecule has 146 valence electrons.